The quantitative estimate of drug-likeness (QED) is 0.814. The van der Waals surface area contributed by atoms with E-state index in [9.17, 15) is 18.3 Å². The van der Waals surface area contributed by atoms with Gasteiger partial charge in [0.1, 0.15) is 0 Å². The van der Waals surface area contributed by atoms with Crippen molar-refractivity contribution in [2.45, 2.75) is 63.8 Å². The first kappa shape index (κ1) is 14.8. The Bertz CT molecular complexity index is 218. The molecule has 2 unspecified atom stereocenters. The van der Waals surface area contributed by atoms with Gasteiger partial charge in [0.2, 0.25) is 0 Å². The molecule has 102 valence electrons. The van der Waals surface area contributed by atoms with E-state index in [0.29, 0.717) is 13.0 Å². The van der Waals surface area contributed by atoms with Crippen molar-refractivity contribution >= 4 is 0 Å². The van der Waals surface area contributed by atoms with Gasteiger partial charge in [-0.05, 0) is 45.7 Å². The highest BCUT2D eigenvalue weighted by Crippen LogP contribution is 2.24. The van der Waals surface area contributed by atoms with Crippen LogP contribution in [-0.2, 0) is 0 Å². The molecule has 1 heterocycles. The number of piperidine rings is 1. The summed E-state index contributed by atoms with van der Waals surface area (Å²) in [5.41, 5.74) is 0. The van der Waals surface area contributed by atoms with Crippen molar-refractivity contribution in [3.63, 3.8) is 0 Å². The van der Waals surface area contributed by atoms with Gasteiger partial charge in [0.15, 0.2) is 0 Å². The van der Waals surface area contributed by atoms with Gasteiger partial charge >= 0.3 is 6.18 Å². The highest BCUT2D eigenvalue weighted by atomic mass is 19.4. The minimum atomic E-state index is -4.05. The number of hydrogen-bond acceptors (Lipinski definition) is 2. The molecule has 0 aliphatic carbocycles. The number of nitrogens with zero attached hydrogens (tertiary/aromatic N) is 1. The van der Waals surface area contributed by atoms with Crippen LogP contribution in [0.5, 0.6) is 0 Å². The lowest BCUT2D eigenvalue weighted by molar-refractivity contribution is -0.136. The van der Waals surface area contributed by atoms with E-state index in [1.165, 1.54) is 0 Å². The van der Waals surface area contributed by atoms with Crippen LogP contribution in [0.2, 0.25) is 0 Å². The van der Waals surface area contributed by atoms with E-state index in [2.05, 4.69) is 4.90 Å². The minimum absolute atomic E-state index is 0.166. The fourth-order valence-electron chi connectivity index (χ4n) is 2.50. The predicted molar refractivity (Wildman–Crippen MR) is 60.8 cm³/mol. The summed E-state index contributed by atoms with van der Waals surface area (Å²) in [6.45, 7) is 3.11. The number of hydrogen-bond donors (Lipinski definition) is 1. The van der Waals surface area contributed by atoms with E-state index in [1.807, 2.05) is 0 Å². The fraction of sp³-hybridized carbons (Fsp3) is 1.00. The molecule has 0 aromatic rings. The van der Waals surface area contributed by atoms with Crippen LogP contribution in [0.3, 0.4) is 0 Å². The Morgan fingerprint density at radius 3 is 2.65 bits per heavy atom. The smallest absolute Gasteiger partial charge is 0.389 e. The van der Waals surface area contributed by atoms with Crippen LogP contribution in [0.25, 0.3) is 0 Å². The Hall–Kier alpha value is -0.290. The van der Waals surface area contributed by atoms with Gasteiger partial charge in [-0.3, -0.25) is 0 Å². The molecule has 0 radical (unpaired) electrons. The second-order valence-corrected chi connectivity index (χ2v) is 4.99. The maximum atomic E-state index is 12.1. The SMILES string of the molecule is CC(O)CC1CCCCN1CCCC(F)(F)F. The average Bonchev–Trinajstić information content (AvgIpc) is 2.18. The lowest BCUT2D eigenvalue weighted by Crippen LogP contribution is -2.41. The average molecular weight is 253 g/mol. The molecule has 0 spiro atoms. The largest absolute Gasteiger partial charge is 0.393 e. The highest BCUT2D eigenvalue weighted by Gasteiger charge is 2.28. The lowest BCUT2D eigenvalue weighted by Gasteiger charge is -2.36. The third-order valence-electron chi connectivity index (χ3n) is 3.27. The number of aliphatic hydroxyl groups is 1. The first-order valence-electron chi connectivity index (χ1n) is 6.37. The summed E-state index contributed by atoms with van der Waals surface area (Å²) in [6, 6.07) is 0.261. The third-order valence-corrected chi connectivity index (χ3v) is 3.27. The van der Waals surface area contributed by atoms with Crippen molar-refractivity contribution in [2.75, 3.05) is 13.1 Å². The molecule has 5 heteroatoms. The summed E-state index contributed by atoms with van der Waals surface area (Å²) >= 11 is 0. The molecule has 0 bridgehead atoms. The van der Waals surface area contributed by atoms with E-state index in [-0.39, 0.29) is 18.6 Å². The Labute approximate surface area is 101 Å². The summed E-state index contributed by atoms with van der Waals surface area (Å²) in [7, 11) is 0. The Balaban J connectivity index is 2.32. The van der Waals surface area contributed by atoms with Gasteiger partial charge in [-0.25, -0.2) is 0 Å². The van der Waals surface area contributed by atoms with Crippen molar-refractivity contribution < 1.29 is 18.3 Å². The van der Waals surface area contributed by atoms with E-state index in [1.54, 1.807) is 6.92 Å². The molecule has 1 rings (SSSR count). The molecule has 0 aromatic carbocycles. The minimum Gasteiger partial charge on any atom is -0.393 e. The molecule has 0 amide bonds. The number of rotatable bonds is 5. The Morgan fingerprint density at radius 2 is 2.06 bits per heavy atom. The molecular formula is C12H22F3NO. The molecule has 1 aliphatic rings. The molecule has 1 fully saturated rings. The van der Waals surface area contributed by atoms with Gasteiger partial charge < -0.3 is 10.0 Å². The summed E-state index contributed by atoms with van der Waals surface area (Å²) in [6.07, 6.45) is -1.11. The van der Waals surface area contributed by atoms with Gasteiger partial charge in [-0.15, -0.1) is 0 Å². The Morgan fingerprint density at radius 1 is 1.35 bits per heavy atom. The molecular weight excluding hydrogens is 231 g/mol. The van der Waals surface area contributed by atoms with E-state index < -0.39 is 12.6 Å². The van der Waals surface area contributed by atoms with Gasteiger partial charge in [0, 0.05) is 12.5 Å². The second-order valence-electron chi connectivity index (χ2n) is 4.99. The summed E-state index contributed by atoms with van der Waals surface area (Å²) in [5, 5.41) is 9.37. The summed E-state index contributed by atoms with van der Waals surface area (Å²) in [4.78, 5) is 2.11. The third kappa shape index (κ3) is 6.27. The molecule has 17 heavy (non-hydrogen) atoms. The van der Waals surface area contributed by atoms with Crippen LogP contribution in [0.1, 0.15) is 45.4 Å². The maximum Gasteiger partial charge on any atom is 0.389 e. The molecule has 0 saturated carbocycles. The second kappa shape index (κ2) is 6.59. The van der Waals surface area contributed by atoms with Crippen LogP contribution in [0.15, 0.2) is 0 Å². The Kier molecular flexibility index (Phi) is 5.73. The van der Waals surface area contributed by atoms with Gasteiger partial charge in [-0.1, -0.05) is 6.42 Å². The predicted octanol–water partition coefficient (Wildman–Crippen LogP) is 2.95. The molecule has 1 aliphatic heterocycles. The molecule has 2 atom stereocenters. The fourth-order valence-corrected chi connectivity index (χ4v) is 2.50. The van der Waals surface area contributed by atoms with Crippen molar-refractivity contribution in [3.8, 4) is 0 Å². The van der Waals surface area contributed by atoms with E-state index >= 15 is 0 Å². The van der Waals surface area contributed by atoms with Crippen molar-refractivity contribution in [2.24, 2.45) is 0 Å². The highest BCUT2D eigenvalue weighted by molar-refractivity contribution is 4.78. The standard InChI is InChI=1S/C12H22F3NO/c1-10(17)9-11-5-2-3-7-16(11)8-4-6-12(13,14)15/h10-11,17H,2-9H2,1H3. The first-order valence-corrected chi connectivity index (χ1v) is 6.37. The van der Waals surface area contributed by atoms with E-state index in [4.69, 9.17) is 0 Å². The van der Waals surface area contributed by atoms with Crippen LogP contribution in [0, 0.1) is 0 Å². The van der Waals surface area contributed by atoms with Crippen LogP contribution in [0.4, 0.5) is 13.2 Å². The first-order chi connectivity index (χ1) is 7.88. The van der Waals surface area contributed by atoms with Crippen LogP contribution >= 0.6 is 0 Å². The maximum absolute atomic E-state index is 12.1. The zero-order chi connectivity index (χ0) is 12.9. The number of halogens is 3. The molecule has 2 nitrogen and oxygen atoms in total. The molecule has 0 aromatic heterocycles. The zero-order valence-electron chi connectivity index (χ0n) is 10.3. The van der Waals surface area contributed by atoms with Crippen molar-refractivity contribution in [1.82, 2.24) is 4.90 Å². The normalized spacial score (nSPS) is 24.9. The topological polar surface area (TPSA) is 23.5 Å². The zero-order valence-corrected chi connectivity index (χ0v) is 10.3. The number of likely N-dealkylation sites (tertiary alicyclic amines) is 1. The van der Waals surface area contributed by atoms with Crippen molar-refractivity contribution in [1.29, 1.82) is 0 Å². The summed E-state index contributed by atoms with van der Waals surface area (Å²) in [5.74, 6) is 0. The van der Waals surface area contributed by atoms with Gasteiger partial charge in [0.05, 0.1) is 6.10 Å². The van der Waals surface area contributed by atoms with Crippen LogP contribution in [-0.4, -0.2) is 41.4 Å². The molecule has 1 N–H and O–H groups in total. The van der Waals surface area contributed by atoms with Crippen LogP contribution < -0.4 is 0 Å². The summed E-state index contributed by atoms with van der Waals surface area (Å²) < 4.78 is 36.2. The monoisotopic (exact) mass is 253 g/mol. The lowest BCUT2D eigenvalue weighted by atomic mass is 9.97. The number of alkyl halides is 3. The number of aliphatic hydroxyl groups excluding tert-OH is 1. The van der Waals surface area contributed by atoms with Gasteiger partial charge in [-0.2, -0.15) is 13.2 Å². The van der Waals surface area contributed by atoms with Crippen molar-refractivity contribution in [3.05, 3.63) is 0 Å². The molecule has 1 saturated heterocycles. The van der Waals surface area contributed by atoms with E-state index in [0.717, 1.165) is 25.8 Å². The van der Waals surface area contributed by atoms with Gasteiger partial charge in [0.25, 0.3) is 0 Å².